The van der Waals surface area contributed by atoms with Crippen molar-refractivity contribution in [3.63, 3.8) is 0 Å². The second-order valence-corrected chi connectivity index (χ2v) is 7.22. The molecule has 4 rings (SSSR count). The van der Waals surface area contributed by atoms with Crippen molar-refractivity contribution in [2.24, 2.45) is 0 Å². The summed E-state index contributed by atoms with van der Waals surface area (Å²) in [5.41, 5.74) is 3.33. The van der Waals surface area contributed by atoms with Gasteiger partial charge in [0.2, 0.25) is 5.91 Å². The van der Waals surface area contributed by atoms with Crippen molar-refractivity contribution in [2.45, 2.75) is 25.7 Å². The number of fused-ring (bicyclic) bond motifs is 1. The van der Waals surface area contributed by atoms with Crippen LogP contribution in [0.1, 0.15) is 40.6 Å². The molecule has 0 atom stereocenters. The molecule has 2 aromatic carbocycles. The van der Waals surface area contributed by atoms with Crippen molar-refractivity contribution in [3.05, 3.63) is 65.5 Å². The maximum absolute atomic E-state index is 12.4. The van der Waals surface area contributed by atoms with Gasteiger partial charge in [-0.3, -0.25) is 9.59 Å². The second kappa shape index (κ2) is 7.84. The third kappa shape index (κ3) is 3.91. The largest absolute Gasteiger partial charge is 0.440 e. The van der Waals surface area contributed by atoms with Gasteiger partial charge in [-0.2, -0.15) is 0 Å². The number of rotatable bonds is 4. The molecular weight excluding hydrogens is 354 g/mol. The number of aromatic nitrogens is 1. The average Bonchev–Trinajstić information content (AvgIpc) is 3.16. The minimum absolute atomic E-state index is 0.0142. The van der Waals surface area contributed by atoms with Gasteiger partial charge in [-0.15, -0.1) is 0 Å². The molecule has 0 spiro atoms. The summed E-state index contributed by atoms with van der Waals surface area (Å²) in [6, 6.07) is 15.0. The van der Waals surface area contributed by atoms with Gasteiger partial charge in [-0.1, -0.05) is 29.8 Å². The number of amides is 2. The number of likely N-dealkylation sites (tertiary alicyclic amines) is 1. The third-order valence-corrected chi connectivity index (χ3v) is 5.22. The molecule has 1 aromatic heterocycles. The van der Waals surface area contributed by atoms with Crippen LogP contribution >= 0.6 is 0 Å². The topological polar surface area (TPSA) is 75.4 Å². The van der Waals surface area contributed by atoms with Crippen molar-refractivity contribution in [3.8, 4) is 0 Å². The molecule has 6 heteroatoms. The molecule has 1 aliphatic rings. The van der Waals surface area contributed by atoms with Crippen LogP contribution < -0.4 is 5.32 Å². The summed E-state index contributed by atoms with van der Waals surface area (Å²) in [5.74, 6) is 0.686. The fourth-order valence-electron chi connectivity index (χ4n) is 3.52. The van der Waals surface area contributed by atoms with Crippen LogP contribution in [-0.4, -0.2) is 41.3 Å². The molecule has 0 radical (unpaired) electrons. The molecule has 1 fully saturated rings. The Balaban J connectivity index is 1.29. The summed E-state index contributed by atoms with van der Waals surface area (Å²) < 4.78 is 5.87. The van der Waals surface area contributed by atoms with E-state index in [1.165, 1.54) is 0 Å². The van der Waals surface area contributed by atoms with Crippen LogP contribution in [0.25, 0.3) is 11.1 Å². The summed E-state index contributed by atoms with van der Waals surface area (Å²) in [5, 5.41) is 2.72. The highest BCUT2D eigenvalue weighted by atomic mass is 16.3. The van der Waals surface area contributed by atoms with E-state index in [-0.39, 0.29) is 24.3 Å². The summed E-state index contributed by atoms with van der Waals surface area (Å²) in [6.45, 7) is 3.27. The van der Waals surface area contributed by atoms with E-state index in [0.29, 0.717) is 18.7 Å². The number of hydrogen-bond acceptors (Lipinski definition) is 4. The molecule has 28 heavy (non-hydrogen) atoms. The minimum atomic E-state index is -0.227. The monoisotopic (exact) mass is 377 g/mol. The van der Waals surface area contributed by atoms with Crippen LogP contribution in [0, 0.1) is 6.92 Å². The number of aryl methyl sites for hydroxylation is 1. The first-order chi connectivity index (χ1) is 13.6. The molecule has 0 aliphatic carbocycles. The number of carbonyl (C=O) groups is 2. The van der Waals surface area contributed by atoms with Gasteiger partial charge in [0.05, 0.1) is 6.54 Å². The van der Waals surface area contributed by atoms with Gasteiger partial charge in [-0.25, -0.2) is 4.98 Å². The Kier molecular flexibility index (Phi) is 5.10. The summed E-state index contributed by atoms with van der Waals surface area (Å²) in [6.07, 6.45) is 1.62. The first-order valence-corrected chi connectivity index (χ1v) is 9.58. The second-order valence-electron chi connectivity index (χ2n) is 7.22. The zero-order valence-electron chi connectivity index (χ0n) is 15.9. The predicted octanol–water partition coefficient (Wildman–Crippen LogP) is 3.27. The molecule has 0 unspecified atom stereocenters. The fourth-order valence-corrected chi connectivity index (χ4v) is 3.52. The van der Waals surface area contributed by atoms with Crippen LogP contribution in [0.5, 0.6) is 0 Å². The number of carbonyl (C=O) groups excluding carboxylic acids is 2. The van der Waals surface area contributed by atoms with Gasteiger partial charge < -0.3 is 14.6 Å². The molecule has 2 heterocycles. The number of benzene rings is 2. The van der Waals surface area contributed by atoms with Crippen molar-refractivity contribution >= 4 is 22.9 Å². The zero-order valence-corrected chi connectivity index (χ0v) is 15.9. The minimum Gasteiger partial charge on any atom is -0.440 e. The lowest BCUT2D eigenvalue weighted by molar-refractivity contribution is -0.131. The van der Waals surface area contributed by atoms with Gasteiger partial charge in [-0.05, 0) is 44.0 Å². The smallest absolute Gasteiger partial charge is 0.251 e. The Morgan fingerprint density at radius 2 is 1.82 bits per heavy atom. The number of piperidine rings is 1. The molecule has 3 aromatic rings. The number of hydrogen-bond donors (Lipinski definition) is 1. The zero-order chi connectivity index (χ0) is 19.5. The van der Waals surface area contributed by atoms with Gasteiger partial charge in [0, 0.05) is 24.6 Å². The maximum atomic E-state index is 12.4. The van der Waals surface area contributed by atoms with Crippen molar-refractivity contribution < 1.29 is 14.0 Å². The third-order valence-electron chi connectivity index (χ3n) is 5.22. The molecule has 1 saturated heterocycles. The Hall–Kier alpha value is -3.15. The highest BCUT2D eigenvalue weighted by Crippen LogP contribution is 2.29. The maximum Gasteiger partial charge on any atom is 0.251 e. The first kappa shape index (κ1) is 18.2. The molecule has 6 nitrogen and oxygen atoms in total. The van der Waals surface area contributed by atoms with Crippen molar-refractivity contribution in [1.29, 1.82) is 0 Å². The number of nitrogens with one attached hydrogen (secondary N) is 1. The number of nitrogens with zero attached hydrogens (tertiary/aromatic N) is 2. The van der Waals surface area contributed by atoms with E-state index < -0.39 is 0 Å². The van der Waals surface area contributed by atoms with Crippen molar-refractivity contribution in [1.82, 2.24) is 15.2 Å². The first-order valence-electron chi connectivity index (χ1n) is 9.58. The van der Waals surface area contributed by atoms with E-state index in [0.717, 1.165) is 35.4 Å². The van der Waals surface area contributed by atoms with Crippen LogP contribution in [0.4, 0.5) is 0 Å². The van der Waals surface area contributed by atoms with Gasteiger partial charge >= 0.3 is 0 Å². The Morgan fingerprint density at radius 1 is 1.11 bits per heavy atom. The van der Waals surface area contributed by atoms with E-state index in [4.69, 9.17) is 4.42 Å². The molecular formula is C22H23N3O3. The molecule has 1 N–H and O–H groups in total. The van der Waals surface area contributed by atoms with Gasteiger partial charge in [0.1, 0.15) is 5.52 Å². The van der Waals surface area contributed by atoms with E-state index >= 15 is 0 Å². The van der Waals surface area contributed by atoms with E-state index in [2.05, 4.69) is 10.3 Å². The Bertz CT molecular complexity index is 953. The lowest BCUT2D eigenvalue weighted by Crippen LogP contribution is -2.43. The van der Waals surface area contributed by atoms with Gasteiger partial charge in [0.15, 0.2) is 11.5 Å². The van der Waals surface area contributed by atoms with Crippen LogP contribution in [0.3, 0.4) is 0 Å². The normalized spacial score (nSPS) is 15.0. The molecule has 2 amide bonds. The highest BCUT2D eigenvalue weighted by Gasteiger charge is 2.27. The van der Waals surface area contributed by atoms with Crippen LogP contribution in [0.2, 0.25) is 0 Å². The Labute approximate surface area is 163 Å². The molecule has 144 valence electrons. The summed E-state index contributed by atoms with van der Waals surface area (Å²) in [7, 11) is 0. The summed E-state index contributed by atoms with van der Waals surface area (Å²) >= 11 is 0. The highest BCUT2D eigenvalue weighted by molar-refractivity contribution is 5.96. The number of oxazole rings is 1. The Morgan fingerprint density at radius 3 is 2.54 bits per heavy atom. The standard InChI is InChI=1S/C22H23N3O3/c1-15-6-8-16(9-7-15)21(27)23-14-20(26)25-12-10-17(11-13-25)22-24-18-4-2-3-5-19(18)28-22/h2-9,17H,10-14H2,1H3,(H,23,27). The van der Waals surface area contributed by atoms with Crippen LogP contribution in [0.15, 0.2) is 52.9 Å². The fraction of sp³-hybridized carbons (Fsp3) is 0.318. The predicted molar refractivity (Wildman–Crippen MR) is 106 cm³/mol. The quantitative estimate of drug-likeness (QED) is 0.757. The summed E-state index contributed by atoms with van der Waals surface area (Å²) in [4.78, 5) is 31.0. The van der Waals surface area contributed by atoms with E-state index in [1.54, 1.807) is 17.0 Å². The number of para-hydroxylation sites is 2. The molecule has 0 bridgehead atoms. The van der Waals surface area contributed by atoms with Gasteiger partial charge in [0.25, 0.3) is 5.91 Å². The average molecular weight is 377 g/mol. The van der Waals surface area contributed by atoms with E-state index in [9.17, 15) is 9.59 Å². The van der Waals surface area contributed by atoms with E-state index in [1.807, 2.05) is 43.3 Å². The van der Waals surface area contributed by atoms with Crippen molar-refractivity contribution in [2.75, 3.05) is 19.6 Å². The SMILES string of the molecule is Cc1ccc(C(=O)NCC(=O)N2CCC(c3nc4ccccc4o3)CC2)cc1. The molecule has 0 saturated carbocycles. The molecule has 1 aliphatic heterocycles. The van der Waals surface area contributed by atoms with Crippen LogP contribution in [-0.2, 0) is 4.79 Å². The lowest BCUT2D eigenvalue weighted by atomic mass is 9.97. The lowest BCUT2D eigenvalue weighted by Gasteiger charge is -2.30.